The second-order valence-corrected chi connectivity index (χ2v) is 2.84. The summed E-state index contributed by atoms with van der Waals surface area (Å²) in [6.45, 7) is 10.3. The maximum absolute atomic E-state index is 8.07. The van der Waals surface area contributed by atoms with Crippen LogP contribution in [0.5, 0.6) is 0 Å². The average molecular weight is 176 g/mol. The summed E-state index contributed by atoms with van der Waals surface area (Å²) in [5.74, 6) is 0. The van der Waals surface area contributed by atoms with E-state index in [-0.39, 0.29) is 6.73 Å². The van der Waals surface area contributed by atoms with E-state index < -0.39 is 0 Å². The molecule has 0 bridgehead atoms. The average Bonchev–Trinajstić information content (AvgIpc) is 2.09. The quantitative estimate of drug-likeness (QED) is 0.643. The van der Waals surface area contributed by atoms with Gasteiger partial charge in [0.2, 0.25) is 0 Å². The first-order valence-corrected chi connectivity index (χ1v) is 4.60. The molecule has 0 heterocycles. The van der Waals surface area contributed by atoms with E-state index in [4.69, 9.17) is 5.11 Å². The molecule has 0 radical (unpaired) electrons. The monoisotopic (exact) mass is 176 g/mol. The molecule has 0 aliphatic carbocycles. The molecule has 3 nitrogen and oxygen atoms in total. The summed E-state index contributed by atoms with van der Waals surface area (Å²) in [5.41, 5.74) is 0. The number of aliphatic hydroxyl groups excluding tert-OH is 1. The number of nitrogens with zero attached hydrogens (tertiary/aromatic N) is 2. The summed E-state index contributed by atoms with van der Waals surface area (Å²) in [7, 11) is 3.61. The van der Waals surface area contributed by atoms with Crippen LogP contribution >= 0.6 is 0 Å². The molecular weight excluding hydrogens is 152 g/mol. The van der Waals surface area contributed by atoms with Crippen molar-refractivity contribution in [2.75, 3.05) is 40.5 Å². The third-order valence-electron chi connectivity index (χ3n) is 1.62. The van der Waals surface area contributed by atoms with E-state index in [0.29, 0.717) is 0 Å². The van der Waals surface area contributed by atoms with Crippen molar-refractivity contribution >= 4 is 0 Å². The Bertz CT molecular complexity index is 67.4. The third kappa shape index (κ3) is 12.5. The lowest BCUT2D eigenvalue weighted by atomic mass is 10.5. The van der Waals surface area contributed by atoms with Crippen molar-refractivity contribution in [2.24, 2.45) is 0 Å². The molecule has 0 aliphatic rings. The SMILES string of the molecule is CCN(CC)CC.CN(C)CO. The zero-order valence-electron chi connectivity index (χ0n) is 9.17. The highest BCUT2D eigenvalue weighted by Gasteiger charge is 1.89. The maximum atomic E-state index is 8.07. The number of hydrogen-bond donors (Lipinski definition) is 1. The molecule has 0 aromatic rings. The van der Waals surface area contributed by atoms with Crippen molar-refractivity contribution in [1.29, 1.82) is 0 Å². The fraction of sp³-hybridized carbons (Fsp3) is 1.00. The Kier molecular flexibility index (Phi) is 13.1. The molecule has 0 rings (SSSR count). The molecule has 0 amide bonds. The van der Waals surface area contributed by atoms with E-state index in [1.54, 1.807) is 19.0 Å². The van der Waals surface area contributed by atoms with Gasteiger partial charge in [-0.1, -0.05) is 20.8 Å². The fourth-order valence-electron chi connectivity index (χ4n) is 0.671. The molecule has 0 aliphatic heterocycles. The minimum atomic E-state index is 0.139. The molecule has 0 unspecified atom stereocenters. The normalized spacial score (nSPS) is 10.0. The molecule has 0 fully saturated rings. The van der Waals surface area contributed by atoms with Crippen LogP contribution in [0.2, 0.25) is 0 Å². The van der Waals surface area contributed by atoms with Crippen LogP contribution in [0.4, 0.5) is 0 Å². The van der Waals surface area contributed by atoms with Crippen molar-refractivity contribution < 1.29 is 5.11 Å². The molecule has 0 saturated carbocycles. The summed E-state index contributed by atoms with van der Waals surface area (Å²) in [6.07, 6.45) is 0. The minimum absolute atomic E-state index is 0.139. The molecule has 0 atom stereocenters. The van der Waals surface area contributed by atoms with Crippen LogP contribution in [0.25, 0.3) is 0 Å². The van der Waals surface area contributed by atoms with E-state index in [0.717, 1.165) is 0 Å². The van der Waals surface area contributed by atoms with Crippen LogP contribution in [0, 0.1) is 0 Å². The highest BCUT2D eigenvalue weighted by molar-refractivity contribution is 4.43. The Balaban J connectivity index is 0. The standard InChI is InChI=1S/C6H15N.C3H9NO/c1-4-7(5-2)6-3;1-4(2)3-5/h4-6H2,1-3H3;5H,3H2,1-2H3. The first kappa shape index (κ1) is 14.4. The first-order valence-electron chi connectivity index (χ1n) is 4.60. The van der Waals surface area contributed by atoms with Crippen molar-refractivity contribution in [3.63, 3.8) is 0 Å². The Hall–Kier alpha value is -0.120. The van der Waals surface area contributed by atoms with E-state index in [9.17, 15) is 0 Å². The van der Waals surface area contributed by atoms with Gasteiger partial charge in [-0.05, 0) is 33.7 Å². The molecule has 1 N–H and O–H groups in total. The van der Waals surface area contributed by atoms with Gasteiger partial charge in [0.1, 0.15) is 0 Å². The van der Waals surface area contributed by atoms with Crippen LogP contribution < -0.4 is 0 Å². The van der Waals surface area contributed by atoms with E-state index >= 15 is 0 Å². The lowest BCUT2D eigenvalue weighted by molar-refractivity contribution is 0.157. The Morgan fingerprint density at radius 1 is 0.917 bits per heavy atom. The predicted octanol–water partition coefficient (Wildman–Crippen LogP) is 0.846. The molecule has 0 spiro atoms. The zero-order chi connectivity index (χ0) is 9.98. The smallest absolute Gasteiger partial charge is 0.0951 e. The topological polar surface area (TPSA) is 26.7 Å². The highest BCUT2D eigenvalue weighted by atomic mass is 16.3. The highest BCUT2D eigenvalue weighted by Crippen LogP contribution is 1.81. The Morgan fingerprint density at radius 3 is 1.17 bits per heavy atom. The number of hydrogen-bond acceptors (Lipinski definition) is 3. The van der Waals surface area contributed by atoms with Gasteiger partial charge in [-0.2, -0.15) is 0 Å². The lowest BCUT2D eigenvalue weighted by Crippen LogP contribution is -2.21. The van der Waals surface area contributed by atoms with Crippen LogP contribution in [0.3, 0.4) is 0 Å². The second-order valence-electron chi connectivity index (χ2n) is 2.84. The van der Waals surface area contributed by atoms with Gasteiger partial charge >= 0.3 is 0 Å². The van der Waals surface area contributed by atoms with Gasteiger partial charge in [0, 0.05) is 0 Å². The zero-order valence-corrected chi connectivity index (χ0v) is 9.17. The summed E-state index contributed by atoms with van der Waals surface area (Å²) < 4.78 is 0. The van der Waals surface area contributed by atoms with E-state index in [1.165, 1.54) is 19.6 Å². The van der Waals surface area contributed by atoms with Crippen LogP contribution in [0.15, 0.2) is 0 Å². The van der Waals surface area contributed by atoms with Gasteiger partial charge in [0.15, 0.2) is 0 Å². The van der Waals surface area contributed by atoms with Gasteiger partial charge in [-0.15, -0.1) is 0 Å². The largest absolute Gasteiger partial charge is 0.381 e. The van der Waals surface area contributed by atoms with Crippen molar-refractivity contribution in [1.82, 2.24) is 9.80 Å². The van der Waals surface area contributed by atoms with E-state index in [2.05, 4.69) is 25.7 Å². The Labute approximate surface area is 77.0 Å². The molecule has 3 heteroatoms. The van der Waals surface area contributed by atoms with Crippen LogP contribution in [0.1, 0.15) is 20.8 Å². The van der Waals surface area contributed by atoms with Gasteiger partial charge < -0.3 is 10.0 Å². The third-order valence-corrected chi connectivity index (χ3v) is 1.62. The Morgan fingerprint density at radius 2 is 1.17 bits per heavy atom. The number of aliphatic hydroxyl groups is 1. The fourth-order valence-corrected chi connectivity index (χ4v) is 0.671. The van der Waals surface area contributed by atoms with Crippen LogP contribution in [-0.2, 0) is 0 Å². The molecule has 0 aromatic heterocycles. The summed E-state index contributed by atoms with van der Waals surface area (Å²) in [4.78, 5) is 4.06. The number of rotatable bonds is 4. The minimum Gasteiger partial charge on any atom is -0.381 e. The molecule has 0 aromatic carbocycles. The summed E-state index contributed by atoms with van der Waals surface area (Å²) >= 11 is 0. The lowest BCUT2D eigenvalue weighted by Gasteiger charge is -2.13. The summed E-state index contributed by atoms with van der Waals surface area (Å²) in [6, 6.07) is 0. The van der Waals surface area contributed by atoms with Crippen molar-refractivity contribution in [3.8, 4) is 0 Å². The van der Waals surface area contributed by atoms with Gasteiger partial charge in [0.05, 0.1) is 6.73 Å². The molecule has 76 valence electrons. The van der Waals surface area contributed by atoms with Crippen LogP contribution in [-0.4, -0.2) is 55.4 Å². The van der Waals surface area contributed by atoms with Crippen molar-refractivity contribution in [3.05, 3.63) is 0 Å². The molecule has 12 heavy (non-hydrogen) atoms. The first-order chi connectivity index (χ1) is 5.62. The van der Waals surface area contributed by atoms with Crippen molar-refractivity contribution in [2.45, 2.75) is 20.8 Å². The predicted molar refractivity (Wildman–Crippen MR) is 54.2 cm³/mol. The molecular formula is C9H24N2O. The van der Waals surface area contributed by atoms with Gasteiger partial charge in [0.25, 0.3) is 0 Å². The summed E-state index contributed by atoms with van der Waals surface area (Å²) in [5, 5.41) is 8.07. The van der Waals surface area contributed by atoms with Gasteiger partial charge in [-0.25, -0.2) is 0 Å². The second kappa shape index (κ2) is 10.9. The maximum Gasteiger partial charge on any atom is 0.0951 e. The van der Waals surface area contributed by atoms with E-state index in [1.807, 2.05) is 0 Å². The van der Waals surface area contributed by atoms with Gasteiger partial charge in [-0.3, -0.25) is 4.90 Å². The molecule has 0 saturated heterocycles.